The van der Waals surface area contributed by atoms with Crippen molar-refractivity contribution in [3.8, 4) is 11.8 Å². The van der Waals surface area contributed by atoms with E-state index in [9.17, 15) is 13.2 Å². The van der Waals surface area contributed by atoms with Crippen LogP contribution in [0, 0.1) is 11.8 Å². The van der Waals surface area contributed by atoms with Crippen molar-refractivity contribution in [3.63, 3.8) is 0 Å². The van der Waals surface area contributed by atoms with Gasteiger partial charge in [0, 0.05) is 5.56 Å². The molecule has 1 aromatic rings. The molecule has 0 unspecified atom stereocenters. The SMILES string of the molecule is CC(C)(C)N=C(C#Cc1ccccc1)C(F)(F)F. The van der Waals surface area contributed by atoms with Crippen molar-refractivity contribution in [2.45, 2.75) is 32.5 Å². The van der Waals surface area contributed by atoms with Gasteiger partial charge in [-0.15, -0.1) is 0 Å². The van der Waals surface area contributed by atoms with Gasteiger partial charge in [0.25, 0.3) is 0 Å². The molecule has 0 N–H and O–H groups in total. The molecule has 0 heterocycles. The topological polar surface area (TPSA) is 12.4 Å². The highest BCUT2D eigenvalue weighted by molar-refractivity contribution is 6.05. The summed E-state index contributed by atoms with van der Waals surface area (Å²) in [5.74, 6) is 4.58. The number of alkyl halides is 3. The van der Waals surface area contributed by atoms with Crippen molar-refractivity contribution in [3.05, 3.63) is 35.9 Å². The lowest BCUT2D eigenvalue weighted by molar-refractivity contribution is -0.0577. The number of benzene rings is 1. The van der Waals surface area contributed by atoms with Crippen molar-refractivity contribution < 1.29 is 13.2 Å². The van der Waals surface area contributed by atoms with Gasteiger partial charge in [-0.25, -0.2) is 0 Å². The molecule has 18 heavy (non-hydrogen) atoms. The molecular weight excluding hydrogens is 239 g/mol. The third kappa shape index (κ3) is 5.05. The molecule has 0 aliphatic heterocycles. The van der Waals surface area contributed by atoms with Crippen LogP contribution in [0.15, 0.2) is 35.3 Å². The molecule has 1 rings (SSSR count). The summed E-state index contributed by atoms with van der Waals surface area (Å²) < 4.78 is 38.2. The fraction of sp³-hybridized carbons (Fsp3) is 0.357. The molecular formula is C14H14F3N. The summed E-state index contributed by atoms with van der Waals surface area (Å²) in [6, 6.07) is 8.52. The molecule has 0 bridgehead atoms. The summed E-state index contributed by atoms with van der Waals surface area (Å²) in [6.45, 7) is 4.80. The number of rotatable bonds is 0. The van der Waals surface area contributed by atoms with E-state index in [-0.39, 0.29) is 0 Å². The highest BCUT2D eigenvalue weighted by atomic mass is 19.4. The zero-order valence-electron chi connectivity index (χ0n) is 10.5. The van der Waals surface area contributed by atoms with Gasteiger partial charge in [-0.1, -0.05) is 24.1 Å². The Morgan fingerprint density at radius 1 is 1.06 bits per heavy atom. The molecule has 0 fully saturated rings. The predicted molar refractivity (Wildman–Crippen MR) is 66.6 cm³/mol. The average molecular weight is 253 g/mol. The summed E-state index contributed by atoms with van der Waals surface area (Å²) in [6.07, 6.45) is -4.52. The maximum Gasteiger partial charge on any atom is 0.441 e. The fourth-order valence-electron chi connectivity index (χ4n) is 1.15. The number of hydrogen-bond donors (Lipinski definition) is 0. The lowest BCUT2D eigenvalue weighted by Gasteiger charge is -2.14. The highest BCUT2D eigenvalue weighted by Gasteiger charge is 2.35. The van der Waals surface area contributed by atoms with Gasteiger partial charge in [0.05, 0.1) is 5.54 Å². The zero-order valence-corrected chi connectivity index (χ0v) is 10.5. The van der Waals surface area contributed by atoms with Crippen LogP contribution < -0.4 is 0 Å². The van der Waals surface area contributed by atoms with E-state index >= 15 is 0 Å². The van der Waals surface area contributed by atoms with Crippen molar-refractivity contribution in [2.75, 3.05) is 0 Å². The standard InChI is InChI=1S/C14H14F3N/c1-13(2,3)18-12(14(15,16)17)10-9-11-7-5-4-6-8-11/h4-8H,1-3H3. The van der Waals surface area contributed by atoms with Crippen LogP contribution in [0.4, 0.5) is 13.2 Å². The van der Waals surface area contributed by atoms with Crippen LogP contribution >= 0.6 is 0 Å². The van der Waals surface area contributed by atoms with Gasteiger partial charge in [0.15, 0.2) is 5.71 Å². The van der Waals surface area contributed by atoms with E-state index in [4.69, 9.17) is 0 Å². The summed E-state index contributed by atoms with van der Waals surface area (Å²) >= 11 is 0. The van der Waals surface area contributed by atoms with Crippen LogP contribution in [0.25, 0.3) is 0 Å². The second-order valence-corrected chi connectivity index (χ2v) is 4.75. The normalized spacial score (nSPS) is 12.9. The van der Waals surface area contributed by atoms with E-state index < -0.39 is 17.4 Å². The van der Waals surface area contributed by atoms with Crippen LogP contribution in [0.3, 0.4) is 0 Å². The lowest BCUT2D eigenvalue weighted by Crippen LogP contribution is -2.26. The number of nitrogens with zero attached hydrogens (tertiary/aromatic N) is 1. The van der Waals surface area contributed by atoms with Gasteiger partial charge in [0.1, 0.15) is 0 Å². The Hall–Kier alpha value is -1.76. The first-order valence-corrected chi connectivity index (χ1v) is 5.42. The smallest absolute Gasteiger partial charge is 0.266 e. The molecule has 1 nitrogen and oxygen atoms in total. The molecule has 4 heteroatoms. The Balaban J connectivity index is 3.10. The van der Waals surface area contributed by atoms with Crippen LogP contribution in [0.2, 0.25) is 0 Å². The number of halogens is 3. The molecule has 0 aliphatic carbocycles. The maximum atomic E-state index is 12.7. The van der Waals surface area contributed by atoms with Crippen LogP contribution in [0.1, 0.15) is 26.3 Å². The fourth-order valence-corrected chi connectivity index (χ4v) is 1.15. The average Bonchev–Trinajstić information content (AvgIpc) is 2.22. The Kier molecular flexibility index (Phi) is 4.18. The summed E-state index contributed by atoms with van der Waals surface area (Å²) in [4.78, 5) is 3.61. The van der Waals surface area contributed by atoms with Gasteiger partial charge in [-0.05, 0) is 38.8 Å². The third-order valence-electron chi connectivity index (χ3n) is 1.81. The van der Waals surface area contributed by atoms with E-state index in [1.165, 1.54) is 0 Å². The van der Waals surface area contributed by atoms with Crippen molar-refractivity contribution >= 4 is 5.71 Å². The maximum absolute atomic E-state index is 12.7. The molecule has 1 aromatic carbocycles. The van der Waals surface area contributed by atoms with Crippen LogP contribution in [0.5, 0.6) is 0 Å². The summed E-state index contributed by atoms with van der Waals surface area (Å²) in [5, 5.41) is 0. The van der Waals surface area contributed by atoms with E-state index in [0.717, 1.165) is 0 Å². The minimum Gasteiger partial charge on any atom is -0.266 e. The number of hydrogen-bond acceptors (Lipinski definition) is 1. The van der Waals surface area contributed by atoms with Crippen LogP contribution in [-0.2, 0) is 0 Å². The number of aliphatic imine (C=N–C) groups is 1. The van der Waals surface area contributed by atoms with E-state index in [0.29, 0.717) is 5.56 Å². The largest absolute Gasteiger partial charge is 0.441 e. The van der Waals surface area contributed by atoms with Gasteiger partial charge in [-0.3, -0.25) is 4.99 Å². The molecule has 0 radical (unpaired) electrons. The Bertz CT molecular complexity index is 482. The zero-order chi connectivity index (χ0) is 13.8. The molecule has 96 valence electrons. The first kappa shape index (κ1) is 14.3. The summed E-state index contributed by atoms with van der Waals surface area (Å²) in [5.41, 5.74) is -1.32. The van der Waals surface area contributed by atoms with Crippen molar-refractivity contribution in [2.24, 2.45) is 4.99 Å². The third-order valence-corrected chi connectivity index (χ3v) is 1.81. The van der Waals surface area contributed by atoms with Gasteiger partial charge in [0.2, 0.25) is 0 Å². The summed E-state index contributed by atoms with van der Waals surface area (Å²) in [7, 11) is 0. The molecule has 0 atom stereocenters. The minimum absolute atomic E-state index is 0.531. The van der Waals surface area contributed by atoms with E-state index in [1.54, 1.807) is 51.1 Å². The predicted octanol–water partition coefficient (Wildman–Crippen LogP) is 3.84. The quantitative estimate of drug-likeness (QED) is 0.492. The minimum atomic E-state index is -4.52. The Morgan fingerprint density at radius 3 is 2.06 bits per heavy atom. The van der Waals surface area contributed by atoms with Crippen molar-refractivity contribution in [1.29, 1.82) is 0 Å². The first-order chi connectivity index (χ1) is 8.18. The highest BCUT2D eigenvalue weighted by Crippen LogP contribution is 2.20. The second-order valence-electron chi connectivity index (χ2n) is 4.75. The lowest BCUT2D eigenvalue weighted by atomic mass is 10.1. The molecule has 0 amide bonds. The Morgan fingerprint density at radius 2 is 1.61 bits per heavy atom. The van der Waals surface area contributed by atoms with Crippen molar-refractivity contribution in [1.82, 2.24) is 0 Å². The molecule has 0 spiro atoms. The molecule has 0 aromatic heterocycles. The van der Waals surface area contributed by atoms with Gasteiger partial charge in [-0.2, -0.15) is 13.2 Å². The first-order valence-electron chi connectivity index (χ1n) is 5.42. The molecule has 0 saturated carbocycles. The molecule has 0 saturated heterocycles. The Labute approximate surface area is 105 Å². The monoisotopic (exact) mass is 253 g/mol. The van der Waals surface area contributed by atoms with E-state index in [2.05, 4.69) is 16.8 Å². The van der Waals surface area contributed by atoms with Gasteiger partial charge < -0.3 is 0 Å². The van der Waals surface area contributed by atoms with Crippen LogP contribution in [-0.4, -0.2) is 17.4 Å². The second kappa shape index (κ2) is 5.26. The molecule has 0 aliphatic rings. The van der Waals surface area contributed by atoms with E-state index in [1.807, 2.05) is 0 Å². The van der Waals surface area contributed by atoms with Gasteiger partial charge >= 0.3 is 6.18 Å².